The Morgan fingerprint density at radius 3 is 2.59 bits per heavy atom. The number of non-ortho nitro benzene ring substituents is 1. The number of Topliss-reactive ketones (excluding diaryl/α,β-unsaturated/α-hetero) is 1. The van der Waals surface area contributed by atoms with Gasteiger partial charge in [-0.2, -0.15) is 0 Å². The van der Waals surface area contributed by atoms with E-state index in [1.54, 1.807) is 31.2 Å². The minimum Gasteiger partial charge on any atom is -0.507 e. The lowest BCUT2D eigenvalue weighted by Gasteiger charge is -2.22. The fraction of sp³-hybridized carbons (Fsp3) is 0.241. The highest BCUT2D eigenvalue weighted by atomic mass is 32.1. The quantitative estimate of drug-likeness (QED) is 0.0639. The summed E-state index contributed by atoms with van der Waals surface area (Å²) >= 11 is 0.828. The number of aliphatic hydroxyl groups is 1. The van der Waals surface area contributed by atoms with E-state index in [0.29, 0.717) is 18.3 Å². The molecule has 1 atom stereocenters. The third-order valence-corrected chi connectivity index (χ3v) is 7.20. The number of hydrogen-bond donors (Lipinski definition) is 1. The van der Waals surface area contributed by atoms with Crippen molar-refractivity contribution in [2.45, 2.75) is 26.8 Å². The number of nitro benzene ring substituents is 1. The van der Waals surface area contributed by atoms with Gasteiger partial charge in [-0.25, -0.2) is 9.78 Å². The molecule has 212 valence electrons. The van der Waals surface area contributed by atoms with Gasteiger partial charge in [0.15, 0.2) is 5.13 Å². The molecule has 0 bridgehead atoms. The average molecular weight is 578 g/mol. The summed E-state index contributed by atoms with van der Waals surface area (Å²) in [7, 11) is 0. The maximum atomic E-state index is 13.4. The van der Waals surface area contributed by atoms with Gasteiger partial charge in [0, 0.05) is 17.7 Å². The Labute approximate surface area is 239 Å². The van der Waals surface area contributed by atoms with E-state index in [-0.39, 0.29) is 44.7 Å². The average Bonchev–Trinajstić information content (AvgIpc) is 3.46. The van der Waals surface area contributed by atoms with Gasteiger partial charge in [0.1, 0.15) is 23.0 Å². The molecule has 1 fully saturated rings. The third kappa shape index (κ3) is 6.02. The lowest BCUT2D eigenvalue weighted by molar-refractivity contribution is -0.384. The molecule has 0 aliphatic carbocycles. The van der Waals surface area contributed by atoms with Crippen LogP contribution in [-0.4, -0.2) is 45.9 Å². The summed E-state index contributed by atoms with van der Waals surface area (Å²) in [5, 5.41) is 22.9. The first-order valence-corrected chi connectivity index (χ1v) is 13.4. The second-order valence-electron chi connectivity index (χ2n) is 9.55. The van der Waals surface area contributed by atoms with E-state index in [4.69, 9.17) is 9.47 Å². The number of aryl methyl sites for hydroxylation is 1. The van der Waals surface area contributed by atoms with Gasteiger partial charge < -0.3 is 14.6 Å². The second-order valence-corrected chi connectivity index (χ2v) is 10.5. The first-order valence-electron chi connectivity index (χ1n) is 12.6. The van der Waals surface area contributed by atoms with Gasteiger partial charge in [0.2, 0.25) is 0 Å². The molecule has 1 N–H and O–H groups in total. The van der Waals surface area contributed by atoms with E-state index >= 15 is 0 Å². The van der Waals surface area contributed by atoms with Crippen molar-refractivity contribution in [1.29, 1.82) is 0 Å². The number of ketones is 1. The third-order valence-electron chi connectivity index (χ3n) is 6.06. The lowest BCUT2D eigenvalue weighted by Crippen LogP contribution is -2.29. The molecule has 12 heteroatoms. The van der Waals surface area contributed by atoms with Crippen molar-refractivity contribution < 1.29 is 33.9 Å². The van der Waals surface area contributed by atoms with E-state index < -0.39 is 34.4 Å². The molecule has 1 saturated heterocycles. The van der Waals surface area contributed by atoms with Crippen LogP contribution in [0.5, 0.6) is 5.75 Å². The van der Waals surface area contributed by atoms with E-state index in [0.717, 1.165) is 16.2 Å². The van der Waals surface area contributed by atoms with Crippen molar-refractivity contribution in [3.8, 4) is 5.75 Å². The zero-order valence-corrected chi connectivity index (χ0v) is 23.3. The predicted octanol–water partition coefficient (Wildman–Crippen LogP) is 5.36. The fourth-order valence-corrected chi connectivity index (χ4v) is 5.14. The van der Waals surface area contributed by atoms with Crippen molar-refractivity contribution in [1.82, 2.24) is 4.98 Å². The highest BCUT2D eigenvalue weighted by Crippen LogP contribution is 2.44. The summed E-state index contributed by atoms with van der Waals surface area (Å²) in [5.41, 5.74) is 0.134. The standard InChI is InChI=1S/C29H27N3O8S/c1-5-13-39-28(36)26-17(4)30-29(41-26)31-23(19-7-6-8-20(14-19)32(37)38)22(25(34)27(31)35)24(33)18-9-11-21(12-10-18)40-15-16(2)3/h5-12,14,16,23,33H,1,13,15H2,2-4H3/b24-22+. The number of nitrogens with zero attached hydrogens (tertiary/aromatic N) is 3. The normalized spacial score (nSPS) is 16.2. The monoisotopic (exact) mass is 577 g/mol. The number of nitro groups is 1. The highest BCUT2D eigenvalue weighted by Gasteiger charge is 2.48. The molecule has 0 spiro atoms. The largest absolute Gasteiger partial charge is 0.507 e. The van der Waals surface area contributed by atoms with Crippen molar-refractivity contribution >= 4 is 45.6 Å². The lowest BCUT2D eigenvalue weighted by atomic mass is 9.95. The van der Waals surface area contributed by atoms with Gasteiger partial charge in [0.05, 0.1) is 28.8 Å². The zero-order valence-electron chi connectivity index (χ0n) is 22.5. The number of benzene rings is 2. The summed E-state index contributed by atoms with van der Waals surface area (Å²) in [4.78, 5) is 55.8. The molecule has 11 nitrogen and oxygen atoms in total. The number of aromatic nitrogens is 1. The van der Waals surface area contributed by atoms with Crippen molar-refractivity contribution in [2.24, 2.45) is 5.92 Å². The first kappa shape index (κ1) is 29.2. The summed E-state index contributed by atoms with van der Waals surface area (Å²) in [6.45, 7) is 9.51. The molecular weight excluding hydrogens is 550 g/mol. The molecule has 2 aromatic carbocycles. The topological polar surface area (TPSA) is 149 Å². The summed E-state index contributed by atoms with van der Waals surface area (Å²) in [6.07, 6.45) is 1.40. The van der Waals surface area contributed by atoms with Crippen LogP contribution in [0.25, 0.3) is 5.76 Å². The van der Waals surface area contributed by atoms with Crippen LogP contribution in [-0.2, 0) is 14.3 Å². The molecule has 1 aliphatic heterocycles. The molecule has 41 heavy (non-hydrogen) atoms. The van der Waals surface area contributed by atoms with E-state index in [1.165, 1.54) is 30.3 Å². The predicted molar refractivity (Wildman–Crippen MR) is 152 cm³/mol. The van der Waals surface area contributed by atoms with Crippen LogP contribution in [0.2, 0.25) is 0 Å². The minimum absolute atomic E-state index is 0.0110. The Morgan fingerprint density at radius 1 is 1.24 bits per heavy atom. The molecule has 0 radical (unpaired) electrons. The minimum atomic E-state index is -1.27. The SMILES string of the molecule is C=CCOC(=O)c1sc(N2C(=O)C(=O)/C(=C(/O)c3ccc(OCC(C)C)cc3)C2c2cccc([N+](=O)[O-])c2)nc1C. The molecule has 1 aromatic heterocycles. The maximum Gasteiger partial charge on any atom is 0.350 e. The first-order chi connectivity index (χ1) is 19.5. The van der Waals surface area contributed by atoms with Crippen LogP contribution >= 0.6 is 11.3 Å². The maximum absolute atomic E-state index is 13.4. The van der Waals surface area contributed by atoms with Crippen molar-refractivity contribution in [3.63, 3.8) is 0 Å². The Morgan fingerprint density at radius 2 is 1.95 bits per heavy atom. The van der Waals surface area contributed by atoms with E-state index in [1.807, 2.05) is 13.8 Å². The Balaban J connectivity index is 1.85. The van der Waals surface area contributed by atoms with E-state index in [2.05, 4.69) is 11.6 Å². The molecule has 1 aliphatic rings. The zero-order chi connectivity index (χ0) is 29.8. The number of esters is 1. The van der Waals surface area contributed by atoms with Crippen LogP contribution in [0.3, 0.4) is 0 Å². The number of carbonyl (C=O) groups is 3. The molecule has 1 unspecified atom stereocenters. The molecule has 4 rings (SSSR count). The Bertz CT molecular complexity index is 1560. The van der Waals surface area contributed by atoms with Crippen LogP contribution < -0.4 is 9.64 Å². The van der Waals surface area contributed by atoms with Crippen LogP contribution in [0.4, 0.5) is 10.8 Å². The summed E-state index contributed by atoms with van der Waals surface area (Å²) in [5.74, 6) is -2.33. The molecule has 0 saturated carbocycles. The molecule has 2 heterocycles. The van der Waals surface area contributed by atoms with Crippen LogP contribution in [0.1, 0.15) is 46.4 Å². The smallest absolute Gasteiger partial charge is 0.350 e. The van der Waals surface area contributed by atoms with Gasteiger partial charge >= 0.3 is 11.9 Å². The fourth-order valence-electron chi connectivity index (χ4n) is 4.16. The molecule has 3 aromatic rings. The Hall–Kier alpha value is -4.84. The van der Waals surface area contributed by atoms with Gasteiger partial charge in [-0.15, -0.1) is 0 Å². The van der Waals surface area contributed by atoms with Crippen molar-refractivity contribution in [3.05, 3.63) is 98.6 Å². The summed E-state index contributed by atoms with van der Waals surface area (Å²) in [6, 6.07) is 10.5. The van der Waals surface area contributed by atoms with Gasteiger partial charge in [-0.1, -0.05) is 50.0 Å². The van der Waals surface area contributed by atoms with Crippen molar-refractivity contribution in [2.75, 3.05) is 18.1 Å². The number of hydrogen-bond acceptors (Lipinski definition) is 10. The van der Waals surface area contributed by atoms with Gasteiger partial charge in [-0.05, 0) is 42.7 Å². The van der Waals surface area contributed by atoms with Gasteiger partial charge in [0.25, 0.3) is 11.5 Å². The number of carbonyl (C=O) groups excluding carboxylic acids is 3. The number of amides is 1. The second kappa shape index (κ2) is 12.1. The van der Waals surface area contributed by atoms with E-state index in [9.17, 15) is 29.6 Å². The number of ether oxygens (including phenoxy) is 2. The number of rotatable bonds is 10. The Kier molecular flexibility index (Phi) is 8.62. The number of aliphatic hydroxyl groups excluding tert-OH is 1. The van der Waals surface area contributed by atoms with Gasteiger partial charge in [-0.3, -0.25) is 24.6 Å². The van der Waals surface area contributed by atoms with Crippen LogP contribution in [0.15, 0.2) is 66.8 Å². The number of anilines is 1. The number of thiazole rings is 1. The molecule has 1 amide bonds. The molecular formula is C29H27N3O8S. The van der Waals surface area contributed by atoms with Crippen LogP contribution in [0, 0.1) is 23.0 Å². The summed E-state index contributed by atoms with van der Waals surface area (Å²) < 4.78 is 10.8. The highest BCUT2D eigenvalue weighted by molar-refractivity contribution is 7.17.